The van der Waals surface area contributed by atoms with Crippen LogP contribution < -0.4 is 5.73 Å². The molecule has 0 fully saturated rings. The van der Waals surface area contributed by atoms with E-state index >= 15 is 0 Å². The van der Waals surface area contributed by atoms with E-state index in [0.29, 0.717) is 0 Å². The first kappa shape index (κ1) is 11.6. The van der Waals surface area contributed by atoms with Gasteiger partial charge in [-0.25, -0.2) is 13.2 Å². The Balaban J connectivity index is 3.15. The fraction of sp³-hybridized carbons (Fsp3) is 0.250. The zero-order valence-corrected chi connectivity index (χ0v) is 8.29. The van der Waals surface area contributed by atoms with Crippen LogP contribution in [0.5, 0.6) is 0 Å². The van der Waals surface area contributed by atoms with E-state index in [0.717, 1.165) is 12.1 Å². The van der Waals surface area contributed by atoms with Crippen LogP contribution in [-0.4, -0.2) is 6.43 Å². The molecule has 0 aliphatic heterocycles. The predicted octanol–water partition coefficient (Wildman–Crippen LogP) is 3.40. The molecule has 1 rings (SSSR count). The number of hydrogen-bond donors (Lipinski definition) is 1. The molecule has 14 heavy (non-hydrogen) atoms. The van der Waals surface area contributed by atoms with Gasteiger partial charge >= 0.3 is 0 Å². The quantitative estimate of drug-likeness (QED) is 0.792. The molecule has 1 aromatic carbocycles. The lowest BCUT2D eigenvalue weighted by molar-refractivity contribution is 0.116. The molecule has 0 bridgehead atoms. The van der Waals surface area contributed by atoms with Crippen molar-refractivity contribution < 1.29 is 13.2 Å². The number of rotatable bonds is 2. The summed E-state index contributed by atoms with van der Waals surface area (Å²) in [4.78, 5) is 0. The van der Waals surface area contributed by atoms with Crippen LogP contribution >= 0.6 is 23.2 Å². The van der Waals surface area contributed by atoms with Crippen molar-refractivity contribution in [1.82, 2.24) is 0 Å². The van der Waals surface area contributed by atoms with Crippen molar-refractivity contribution in [3.8, 4) is 0 Å². The maximum Gasteiger partial charge on any atom is 0.257 e. The predicted molar refractivity (Wildman–Crippen MR) is 49.4 cm³/mol. The van der Waals surface area contributed by atoms with Gasteiger partial charge in [0.25, 0.3) is 6.43 Å². The molecule has 0 spiro atoms. The van der Waals surface area contributed by atoms with Crippen molar-refractivity contribution in [3.05, 3.63) is 33.6 Å². The monoisotopic (exact) mass is 243 g/mol. The molecule has 0 amide bonds. The van der Waals surface area contributed by atoms with Crippen molar-refractivity contribution in [1.29, 1.82) is 0 Å². The molecule has 6 heteroatoms. The molecule has 0 saturated heterocycles. The molecule has 1 nitrogen and oxygen atoms in total. The van der Waals surface area contributed by atoms with Crippen LogP contribution in [0.1, 0.15) is 11.6 Å². The van der Waals surface area contributed by atoms with Crippen LogP contribution in [0.25, 0.3) is 0 Å². The Kier molecular flexibility index (Phi) is 3.64. The van der Waals surface area contributed by atoms with Gasteiger partial charge in [-0.05, 0) is 17.7 Å². The minimum Gasteiger partial charge on any atom is -0.319 e. The third-order valence-corrected chi connectivity index (χ3v) is 2.29. The van der Waals surface area contributed by atoms with Gasteiger partial charge < -0.3 is 5.73 Å². The minimum atomic E-state index is -2.80. The summed E-state index contributed by atoms with van der Waals surface area (Å²) in [6, 6.07) is 0.270. The van der Waals surface area contributed by atoms with E-state index < -0.39 is 18.3 Å². The van der Waals surface area contributed by atoms with Gasteiger partial charge in [-0.1, -0.05) is 23.2 Å². The number of hydrogen-bond acceptors (Lipinski definition) is 1. The molecular weight excluding hydrogens is 238 g/mol. The van der Waals surface area contributed by atoms with Crippen LogP contribution in [0, 0.1) is 5.82 Å². The zero-order chi connectivity index (χ0) is 10.9. The Labute approximate surface area is 88.6 Å². The second-order valence-electron chi connectivity index (χ2n) is 2.65. The lowest BCUT2D eigenvalue weighted by Gasteiger charge is -2.12. The summed E-state index contributed by atoms with van der Waals surface area (Å²) in [6.07, 6.45) is -2.80. The molecule has 0 radical (unpaired) electrons. The highest BCUT2D eigenvalue weighted by Crippen LogP contribution is 2.30. The average molecular weight is 244 g/mol. The van der Waals surface area contributed by atoms with Crippen molar-refractivity contribution in [2.24, 2.45) is 5.73 Å². The fourth-order valence-corrected chi connectivity index (χ4v) is 1.44. The second-order valence-corrected chi connectivity index (χ2v) is 3.46. The smallest absolute Gasteiger partial charge is 0.257 e. The Morgan fingerprint density at radius 1 is 1.14 bits per heavy atom. The summed E-state index contributed by atoms with van der Waals surface area (Å²) in [5.41, 5.74) is 4.96. The van der Waals surface area contributed by atoms with Crippen molar-refractivity contribution in [2.75, 3.05) is 0 Å². The minimum absolute atomic E-state index is 0.0656. The van der Waals surface area contributed by atoms with Crippen LogP contribution in [-0.2, 0) is 0 Å². The Morgan fingerprint density at radius 3 is 2.21 bits per heavy atom. The summed E-state index contributed by atoms with van der Waals surface area (Å²) in [6.45, 7) is 0. The first-order chi connectivity index (χ1) is 6.43. The number of halogens is 5. The summed E-state index contributed by atoms with van der Waals surface area (Å²) in [5.74, 6) is -0.817. The summed E-state index contributed by atoms with van der Waals surface area (Å²) in [7, 11) is 0. The maximum atomic E-state index is 12.9. The highest BCUT2D eigenvalue weighted by atomic mass is 35.5. The Hall–Kier alpha value is -0.450. The molecule has 1 unspecified atom stereocenters. The molecule has 0 saturated carbocycles. The van der Waals surface area contributed by atoms with Crippen molar-refractivity contribution >= 4 is 23.2 Å². The lowest BCUT2D eigenvalue weighted by Crippen LogP contribution is -2.19. The first-order valence-corrected chi connectivity index (χ1v) is 4.37. The Morgan fingerprint density at radius 2 is 1.71 bits per heavy atom. The normalized spacial score (nSPS) is 13.4. The van der Waals surface area contributed by atoms with Gasteiger partial charge in [0.1, 0.15) is 5.82 Å². The van der Waals surface area contributed by atoms with Gasteiger partial charge in [-0.3, -0.25) is 0 Å². The molecule has 2 N–H and O–H groups in total. The van der Waals surface area contributed by atoms with Crippen LogP contribution in [0.15, 0.2) is 12.1 Å². The van der Waals surface area contributed by atoms with E-state index in [1.165, 1.54) is 0 Å². The number of nitrogens with two attached hydrogens (primary N) is 1. The molecular formula is C8H6Cl2F3N. The molecule has 1 aromatic rings. The SMILES string of the molecule is NC(c1cc(F)c(Cl)cc1Cl)C(F)F. The van der Waals surface area contributed by atoms with Crippen molar-refractivity contribution in [3.63, 3.8) is 0 Å². The molecule has 0 heterocycles. The van der Waals surface area contributed by atoms with E-state index in [1.54, 1.807) is 0 Å². The van der Waals surface area contributed by atoms with Crippen LogP contribution in [0.2, 0.25) is 10.0 Å². The van der Waals surface area contributed by atoms with E-state index in [4.69, 9.17) is 28.9 Å². The molecule has 0 aromatic heterocycles. The summed E-state index contributed by atoms with van der Waals surface area (Å²) >= 11 is 11.0. The van der Waals surface area contributed by atoms with Gasteiger partial charge in [0.2, 0.25) is 0 Å². The molecule has 0 aliphatic carbocycles. The van der Waals surface area contributed by atoms with E-state index in [1.807, 2.05) is 0 Å². The van der Waals surface area contributed by atoms with Gasteiger partial charge in [0.15, 0.2) is 0 Å². The highest BCUT2D eigenvalue weighted by Gasteiger charge is 2.21. The third-order valence-electron chi connectivity index (χ3n) is 1.67. The van der Waals surface area contributed by atoms with Crippen LogP contribution in [0.3, 0.4) is 0 Å². The maximum absolute atomic E-state index is 12.9. The molecule has 78 valence electrons. The van der Waals surface area contributed by atoms with Gasteiger partial charge in [-0.15, -0.1) is 0 Å². The number of alkyl halides is 2. The van der Waals surface area contributed by atoms with Crippen molar-refractivity contribution in [2.45, 2.75) is 12.5 Å². The molecule has 1 atom stereocenters. The van der Waals surface area contributed by atoms with Gasteiger partial charge in [0.05, 0.1) is 11.1 Å². The van der Waals surface area contributed by atoms with E-state index in [-0.39, 0.29) is 15.6 Å². The van der Waals surface area contributed by atoms with E-state index in [9.17, 15) is 13.2 Å². The zero-order valence-electron chi connectivity index (χ0n) is 6.78. The van der Waals surface area contributed by atoms with Crippen LogP contribution in [0.4, 0.5) is 13.2 Å². The third kappa shape index (κ3) is 2.32. The standard InChI is InChI=1S/C8H6Cl2F3N/c9-4-2-5(10)6(11)1-3(4)7(14)8(12)13/h1-2,7-8H,14H2. The number of benzene rings is 1. The van der Waals surface area contributed by atoms with Gasteiger partial charge in [-0.2, -0.15) is 0 Å². The molecule has 0 aliphatic rings. The van der Waals surface area contributed by atoms with E-state index in [2.05, 4.69) is 0 Å². The Bertz CT molecular complexity index is 344. The topological polar surface area (TPSA) is 26.0 Å². The summed E-state index contributed by atoms with van der Waals surface area (Å²) < 4.78 is 37.3. The fourth-order valence-electron chi connectivity index (χ4n) is 0.929. The second kappa shape index (κ2) is 4.38. The largest absolute Gasteiger partial charge is 0.319 e. The highest BCUT2D eigenvalue weighted by molar-refractivity contribution is 6.35. The first-order valence-electron chi connectivity index (χ1n) is 3.61. The average Bonchev–Trinajstić information content (AvgIpc) is 2.10. The lowest BCUT2D eigenvalue weighted by atomic mass is 10.1. The van der Waals surface area contributed by atoms with Gasteiger partial charge in [0, 0.05) is 5.02 Å². The summed E-state index contributed by atoms with van der Waals surface area (Å²) in [5, 5.41) is -0.288.